The van der Waals surface area contributed by atoms with Crippen LogP contribution in [0.5, 0.6) is 11.5 Å². The number of halogens is 5. The molecule has 2 aromatic carbocycles. The van der Waals surface area contributed by atoms with Gasteiger partial charge in [0.1, 0.15) is 11.6 Å². The molecule has 0 aliphatic heterocycles. The van der Waals surface area contributed by atoms with Crippen molar-refractivity contribution in [3.63, 3.8) is 0 Å². The van der Waals surface area contributed by atoms with E-state index < -0.39 is 64.6 Å². The molecule has 41 heavy (non-hydrogen) atoms. The summed E-state index contributed by atoms with van der Waals surface area (Å²) in [5.74, 6) is -5.55. The van der Waals surface area contributed by atoms with Crippen LogP contribution in [-0.2, 0) is 15.8 Å². The molecule has 2 aliphatic carbocycles. The van der Waals surface area contributed by atoms with Crippen molar-refractivity contribution in [3.8, 4) is 11.5 Å². The lowest BCUT2D eigenvalue weighted by Gasteiger charge is -2.36. The molecule has 4 rings (SSSR count). The molecule has 2 fully saturated rings. The molecular formula is C28H29F5N2O6. The molecule has 3 N–H and O–H groups in total. The smallest absolute Gasteiger partial charge is 0.419 e. The molecule has 0 spiro atoms. The van der Waals surface area contributed by atoms with E-state index in [1.807, 2.05) is 0 Å². The standard InChI is InChI=1S/C28H29F5N2O6/c1-27(26(38)39)9-7-15(8-10-27)41-23-12-17(22(40-2)13-20(23)30)25(37)35-21-6-4-16(21)24(36)34-14-3-5-19(29)18(11-14)28(31,32)33/h3,5,11-13,15-16,21H,4,6-10H2,1-2H3,(H,34,36)(H,35,37)(H,38,39)/t15-,16-,21+,27+/m0/s1. The fourth-order valence-corrected chi connectivity index (χ4v) is 5.00. The quantitative estimate of drug-likeness (QED) is 0.351. The Morgan fingerprint density at radius 3 is 2.22 bits per heavy atom. The molecule has 2 saturated carbocycles. The third-order valence-corrected chi connectivity index (χ3v) is 7.81. The van der Waals surface area contributed by atoms with Crippen LogP contribution in [0.2, 0.25) is 0 Å². The van der Waals surface area contributed by atoms with Crippen molar-refractivity contribution in [2.45, 2.75) is 63.8 Å². The summed E-state index contributed by atoms with van der Waals surface area (Å²) in [7, 11) is 1.25. The molecule has 2 atom stereocenters. The summed E-state index contributed by atoms with van der Waals surface area (Å²) < 4.78 is 78.3. The third kappa shape index (κ3) is 6.54. The van der Waals surface area contributed by atoms with Gasteiger partial charge in [-0.15, -0.1) is 0 Å². The van der Waals surface area contributed by atoms with Crippen molar-refractivity contribution >= 4 is 23.5 Å². The fraction of sp³-hybridized carbons (Fsp3) is 0.464. The van der Waals surface area contributed by atoms with Crippen molar-refractivity contribution in [1.82, 2.24) is 5.32 Å². The highest BCUT2D eigenvalue weighted by Gasteiger charge is 2.40. The lowest BCUT2D eigenvalue weighted by molar-refractivity contribution is -0.150. The number of hydrogen-bond donors (Lipinski definition) is 3. The van der Waals surface area contributed by atoms with Crippen LogP contribution in [0.25, 0.3) is 0 Å². The number of anilines is 1. The molecule has 0 bridgehead atoms. The number of carbonyl (C=O) groups excluding carboxylic acids is 2. The predicted octanol–water partition coefficient (Wildman–Crippen LogP) is 5.55. The van der Waals surface area contributed by atoms with Crippen molar-refractivity contribution < 1.29 is 50.9 Å². The van der Waals surface area contributed by atoms with Gasteiger partial charge in [-0.3, -0.25) is 14.4 Å². The van der Waals surface area contributed by atoms with Crippen molar-refractivity contribution in [3.05, 3.63) is 53.1 Å². The number of methoxy groups -OCH3 is 1. The van der Waals surface area contributed by atoms with E-state index >= 15 is 0 Å². The number of amides is 2. The van der Waals surface area contributed by atoms with E-state index in [0.29, 0.717) is 50.7 Å². The summed E-state index contributed by atoms with van der Waals surface area (Å²) in [5.41, 5.74) is -2.70. The van der Waals surface area contributed by atoms with Crippen LogP contribution < -0.4 is 20.1 Å². The molecule has 0 aromatic heterocycles. The van der Waals surface area contributed by atoms with E-state index in [1.54, 1.807) is 6.92 Å². The molecule has 0 saturated heterocycles. The molecule has 222 valence electrons. The van der Waals surface area contributed by atoms with Crippen molar-refractivity contribution in [2.24, 2.45) is 11.3 Å². The van der Waals surface area contributed by atoms with Gasteiger partial charge >= 0.3 is 12.1 Å². The van der Waals surface area contributed by atoms with Crippen molar-refractivity contribution in [1.29, 1.82) is 0 Å². The molecule has 0 heterocycles. The summed E-state index contributed by atoms with van der Waals surface area (Å²) in [6.45, 7) is 1.65. The summed E-state index contributed by atoms with van der Waals surface area (Å²) in [6, 6.07) is 3.62. The van der Waals surface area contributed by atoms with Crippen LogP contribution >= 0.6 is 0 Å². The second-order valence-electron chi connectivity index (χ2n) is 10.6. The van der Waals surface area contributed by atoms with Gasteiger partial charge in [0, 0.05) is 17.8 Å². The zero-order valence-electron chi connectivity index (χ0n) is 22.2. The number of aliphatic carboxylic acids is 1. The number of hydrogen-bond acceptors (Lipinski definition) is 5. The SMILES string of the molecule is COc1cc(F)c(O[C@H]2CC[C@@](C)(C(=O)O)CC2)cc1C(=O)N[C@@H]1CC[C@@H]1C(=O)Nc1ccc(F)c(C(F)(F)F)c1. The lowest BCUT2D eigenvalue weighted by atomic mass is 9.75. The highest BCUT2D eigenvalue weighted by Crippen LogP contribution is 2.39. The first kappa shape index (κ1) is 30.1. The van der Waals surface area contributed by atoms with E-state index in [0.717, 1.165) is 12.1 Å². The Balaban J connectivity index is 1.42. The van der Waals surface area contributed by atoms with E-state index in [1.165, 1.54) is 13.2 Å². The monoisotopic (exact) mass is 584 g/mol. The summed E-state index contributed by atoms with van der Waals surface area (Å²) in [5, 5.41) is 14.4. The van der Waals surface area contributed by atoms with Crippen LogP contribution in [0.15, 0.2) is 30.3 Å². The number of rotatable bonds is 8. The number of benzene rings is 2. The van der Waals surface area contributed by atoms with Crippen molar-refractivity contribution in [2.75, 3.05) is 12.4 Å². The molecule has 2 aliphatic rings. The van der Waals surface area contributed by atoms with Gasteiger partial charge < -0.3 is 25.2 Å². The van der Waals surface area contributed by atoms with Crippen LogP contribution in [-0.4, -0.2) is 42.1 Å². The molecule has 0 radical (unpaired) electrons. The van der Waals surface area contributed by atoms with E-state index in [4.69, 9.17) is 9.47 Å². The first-order valence-electron chi connectivity index (χ1n) is 13.0. The normalized spacial score (nSPS) is 24.1. The second kappa shape index (κ2) is 11.5. The number of carboxylic acids is 1. The predicted molar refractivity (Wildman–Crippen MR) is 136 cm³/mol. The topological polar surface area (TPSA) is 114 Å². The van der Waals surface area contributed by atoms with E-state index in [9.17, 15) is 41.4 Å². The molecule has 2 aromatic rings. The fourth-order valence-electron chi connectivity index (χ4n) is 5.00. The number of ether oxygens (including phenoxy) is 2. The van der Waals surface area contributed by atoms with Gasteiger partial charge in [0.15, 0.2) is 11.6 Å². The van der Waals surface area contributed by atoms with E-state index in [-0.39, 0.29) is 22.7 Å². The highest BCUT2D eigenvalue weighted by molar-refractivity contribution is 5.99. The van der Waals surface area contributed by atoms with Gasteiger partial charge in [-0.2, -0.15) is 13.2 Å². The van der Waals surface area contributed by atoms with Gasteiger partial charge in [-0.05, 0) is 69.7 Å². The maximum atomic E-state index is 14.8. The first-order chi connectivity index (χ1) is 19.2. The minimum Gasteiger partial charge on any atom is -0.496 e. The Kier molecular flexibility index (Phi) is 8.46. The van der Waals surface area contributed by atoms with Crippen LogP contribution in [0.4, 0.5) is 27.6 Å². The second-order valence-corrected chi connectivity index (χ2v) is 10.6. The average molecular weight is 585 g/mol. The Hall–Kier alpha value is -3.90. The van der Waals surface area contributed by atoms with Gasteiger partial charge in [-0.25, -0.2) is 8.78 Å². The van der Waals surface area contributed by atoms with Gasteiger partial charge in [0.05, 0.1) is 35.7 Å². The average Bonchev–Trinajstić information content (AvgIpc) is 2.89. The molecule has 13 heteroatoms. The molecule has 8 nitrogen and oxygen atoms in total. The Morgan fingerprint density at radius 1 is 0.976 bits per heavy atom. The maximum Gasteiger partial charge on any atom is 0.419 e. The zero-order valence-corrected chi connectivity index (χ0v) is 22.2. The number of nitrogens with one attached hydrogen (secondary N) is 2. The van der Waals surface area contributed by atoms with Crippen LogP contribution in [0.1, 0.15) is 61.4 Å². The first-order valence-corrected chi connectivity index (χ1v) is 13.0. The third-order valence-electron chi connectivity index (χ3n) is 7.81. The van der Waals surface area contributed by atoms with Crippen LogP contribution in [0.3, 0.4) is 0 Å². The molecule has 0 unspecified atom stereocenters. The lowest BCUT2D eigenvalue weighted by Crippen LogP contribution is -2.51. The minimum atomic E-state index is -4.94. The minimum absolute atomic E-state index is 0.0607. The Labute approximate surface area is 232 Å². The summed E-state index contributed by atoms with van der Waals surface area (Å²) >= 11 is 0. The summed E-state index contributed by atoms with van der Waals surface area (Å²) in [6.07, 6.45) is -3.19. The van der Waals surface area contributed by atoms with Crippen LogP contribution in [0, 0.1) is 23.0 Å². The van der Waals surface area contributed by atoms with E-state index in [2.05, 4.69) is 10.6 Å². The molecular weight excluding hydrogens is 555 g/mol. The number of carboxylic acid groups (broad SMARTS) is 1. The van der Waals surface area contributed by atoms with Gasteiger partial charge in [0.2, 0.25) is 5.91 Å². The number of alkyl halides is 3. The Morgan fingerprint density at radius 2 is 1.66 bits per heavy atom. The number of carbonyl (C=O) groups is 3. The molecule has 2 amide bonds. The maximum absolute atomic E-state index is 14.8. The Bertz CT molecular complexity index is 1340. The van der Waals surface area contributed by atoms with Gasteiger partial charge in [-0.1, -0.05) is 0 Å². The summed E-state index contributed by atoms with van der Waals surface area (Å²) in [4.78, 5) is 37.3. The highest BCUT2D eigenvalue weighted by atomic mass is 19.4. The largest absolute Gasteiger partial charge is 0.496 e. The zero-order chi connectivity index (χ0) is 30.1. The van der Waals surface area contributed by atoms with Gasteiger partial charge in [0.25, 0.3) is 5.91 Å².